The molecule has 6 heteroatoms. The Balaban J connectivity index is 1.69. The summed E-state index contributed by atoms with van der Waals surface area (Å²) in [5.74, 6) is 0.138. The lowest BCUT2D eigenvalue weighted by Gasteiger charge is -2.37. The van der Waals surface area contributed by atoms with Crippen LogP contribution in [0.4, 0.5) is 4.39 Å². The highest BCUT2D eigenvalue weighted by molar-refractivity contribution is 5.77. The second kappa shape index (κ2) is 6.50. The van der Waals surface area contributed by atoms with Gasteiger partial charge in [0.1, 0.15) is 17.2 Å². The van der Waals surface area contributed by atoms with E-state index in [-0.39, 0.29) is 17.8 Å². The number of aromatic nitrogens is 2. The second-order valence-corrected chi connectivity index (χ2v) is 7.25. The van der Waals surface area contributed by atoms with Crippen LogP contribution in [0.15, 0.2) is 24.4 Å². The third-order valence-electron chi connectivity index (χ3n) is 4.73. The van der Waals surface area contributed by atoms with E-state index in [1.54, 1.807) is 16.9 Å². The van der Waals surface area contributed by atoms with Crippen LogP contribution in [0.3, 0.4) is 0 Å². The molecule has 2 heterocycles. The number of carbonyl (C=O) groups excluding carboxylic acids is 1. The molecule has 0 spiro atoms. The van der Waals surface area contributed by atoms with E-state index in [0.717, 1.165) is 16.8 Å². The zero-order valence-corrected chi connectivity index (χ0v) is 15.1. The lowest BCUT2D eigenvalue weighted by Crippen LogP contribution is -2.41. The molecule has 0 radical (unpaired) electrons. The Morgan fingerprint density at radius 1 is 1.48 bits per heavy atom. The highest BCUT2D eigenvalue weighted by atomic mass is 19.1. The number of halogens is 1. The molecule has 0 bridgehead atoms. The number of carbonyl (C=O) groups is 1. The third-order valence-corrected chi connectivity index (χ3v) is 4.73. The van der Waals surface area contributed by atoms with Crippen molar-refractivity contribution in [2.75, 3.05) is 0 Å². The minimum Gasteiger partial charge on any atom is -0.487 e. The molecule has 0 unspecified atom stereocenters. The van der Waals surface area contributed by atoms with Crippen LogP contribution in [0.1, 0.15) is 49.6 Å². The van der Waals surface area contributed by atoms with Crippen molar-refractivity contribution in [1.29, 1.82) is 0 Å². The fourth-order valence-corrected chi connectivity index (χ4v) is 3.26. The normalized spacial score (nSPS) is 18.4. The number of benzene rings is 1. The molecule has 5 nitrogen and oxygen atoms in total. The van der Waals surface area contributed by atoms with Gasteiger partial charge < -0.3 is 10.1 Å². The third kappa shape index (κ3) is 3.83. The molecule has 1 aromatic heterocycles. The summed E-state index contributed by atoms with van der Waals surface area (Å²) in [7, 11) is 1.89. The standard InChI is InChI=1S/C19H24FN3O2/c1-12-13(11-21-23(12)4)5-8-18(24)22-16-10-19(2,3)25-17-9-14(20)6-7-15(16)17/h6-7,9,11,16H,5,8,10H2,1-4H3,(H,22,24)/t16-/m0/s1. The molecule has 1 aromatic carbocycles. The van der Waals surface area contributed by atoms with Crippen LogP contribution in [0, 0.1) is 12.7 Å². The van der Waals surface area contributed by atoms with Crippen LogP contribution in [0.25, 0.3) is 0 Å². The average Bonchev–Trinajstić information content (AvgIpc) is 2.83. The second-order valence-electron chi connectivity index (χ2n) is 7.25. The first-order chi connectivity index (χ1) is 11.7. The maximum absolute atomic E-state index is 13.5. The van der Waals surface area contributed by atoms with E-state index in [1.165, 1.54) is 12.1 Å². The van der Waals surface area contributed by atoms with Gasteiger partial charge in [-0.25, -0.2) is 4.39 Å². The van der Waals surface area contributed by atoms with Crippen molar-refractivity contribution in [1.82, 2.24) is 15.1 Å². The maximum atomic E-state index is 13.5. The molecule has 0 fully saturated rings. The Bertz CT molecular complexity index is 798. The van der Waals surface area contributed by atoms with Gasteiger partial charge in [-0.05, 0) is 38.8 Å². The van der Waals surface area contributed by atoms with Crippen molar-refractivity contribution in [2.24, 2.45) is 7.05 Å². The first-order valence-electron chi connectivity index (χ1n) is 8.50. The monoisotopic (exact) mass is 345 g/mol. The predicted molar refractivity (Wildman–Crippen MR) is 92.9 cm³/mol. The van der Waals surface area contributed by atoms with E-state index in [9.17, 15) is 9.18 Å². The molecular weight excluding hydrogens is 321 g/mol. The topological polar surface area (TPSA) is 56.1 Å². The van der Waals surface area contributed by atoms with Crippen LogP contribution in [-0.4, -0.2) is 21.3 Å². The number of hydrogen-bond acceptors (Lipinski definition) is 3. The van der Waals surface area contributed by atoms with Gasteiger partial charge in [-0.15, -0.1) is 0 Å². The van der Waals surface area contributed by atoms with E-state index in [0.29, 0.717) is 25.0 Å². The molecule has 0 saturated heterocycles. The average molecular weight is 345 g/mol. The van der Waals surface area contributed by atoms with Crippen LogP contribution in [0.5, 0.6) is 5.75 Å². The van der Waals surface area contributed by atoms with Gasteiger partial charge in [0.15, 0.2) is 0 Å². The van der Waals surface area contributed by atoms with E-state index in [1.807, 2.05) is 27.8 Å². The van der Waals surface area contributed by atoms with Crippen LogP contribution < -0.4 is 10.1 Å². The molecule has 134 valence electrons. The summed E-state index contributed by atoms with van der Waals surface area (Å²) in [6.07, 6.45) is 3.48. The highest BCUT2D eigenvalue weighted by Crippen LogP contribution is 2.39. The number of rotatable bonds is 4. The van der Waals surface area contributed by atoms with Gasteiger partial charge in [0.25, 0.3) is 0 Å². The van der Waals surface area contributed by atoms with Crippen molar-refractivity contribution in [3.63, 3.8) is 0 Å². The smallest absolute Gasteiger partial charge is 0.220 e. The van der Waals surface area contributed by atoms with Crippen molar-refractivity contribution in [2.45, 2.75) is 51.7 Å². The molecule has 0 saturated carbocycles. The van der Waals surface area contributed by atoms with Gasteiger partial charge in [-0.1, -0.05) is 6.07 Å². The minimum absolute atomic E-state index is 0.0266. The van der Waals surface area contributed by atoms with Gasteiger partial charge in [0, 0.05) is 37.2 Å². The fraction of sp³-hybridized carbons (Fsp3) is 0.474. The Morgan fingerprint density at radius 2 is 2.24 bits per heavy atom. The Morgan fingerprint density at radius 3 is 2.92 bits per heavy atom. The number of aryl methyl sites for hydroxylation is 2. The fourth-order valence-electron chi connectivity index (χ4n) is 3.26. The van der Waals surface area contributed by atoms with Crippen molar-refractivity contribution >= 4 is 5.91 Å². The van der Waals surface area contributed by atoms with E-state index in [4.69, 9.17) is 4.74 Å². The number of fused-ring (bicyclic) bond motifs is 1. The zero-order valence-electron chi connectivity index (χ0n) is 15.1. The first-order valence-corrected chi connectivity index (χ1v) is 8.50. The van der Waals surface area contributed by atoms with Crippen LogP contribution in [0.2, 0.25) is 0 Å². The van der Waals surface area contributed by atoms with Crippen molar-refractivity contribution < 1.29 is 13.9 Å². The SMILES string of the molecule is Cc1c(CCC(=O)N[C@H]2CC(C)(C)Oc3cc(F)ccc32)cnn1C. The molecule has 3 rings (SSSR count). The van der Waals surface area contributed by atoms with Gasteiger partial charge in [0.2, 0.25) is 5.91 Å². The Hall–Kier alpha value is -2.37. The molecule has 1 aliphatic rings. The summed E-state index contributed by atoms with van der Waals surface area (Å²) in [6.45, 7) is 5.88. The molecule has 0 aliphatic carbocycles. The zero-order chi connectivity index (χ0) is 18.2. The number of nitrogens with zero attached hydrogens (tertiary/aromatic N) is 2. The van der Waals surface area contributed by atoms with Gasteiger partial charge in [-0.3, -0.25) is 9.48 Å². The van der Waals surface area contributed by atoms with E-state index < -0.39 is 5.60 Å². The van der Waals surface area contributed by atoms with Gasteiger partial charge in [-0.2, -0.15) is 5.10 Å². The molecule has 1 amide bonds. The molecule has 1 N–H and O–H groups in total. The predicted octanol–water partition coefficient (Wildman–Crippen LogP) is 3.22. The summed E-state index contributed by atoms with van der Waals surface area (Å²) in [5.41, 5.74) is 2.51. The lowest BCUT2D eigenvalue weighted by atomic mass is 9.89. The number of nitrogens with one attached hydrogen (secondary N) is 1. The molecule has 2 aromatic rings. The summed E-state index contributed by atoms with van der Waals surface area (Å²) in [4.78, 5) is 12.4. The van der Waals surface area contributed by atoms with Crippen LogP contribution in [-0.2, 0) is 18.3 Å². The summed E-state index contributed by atoms with van der Waals surface area (Å²) < 4.78 is 21.2. The van der Waals surface area contributed by atoms with E-state index >= 15 is 0 Å². The number of amides is 1. The lowest BCUT2D eigenvalue weighted by molar-refractivity contribution is -0.122. The first kappa shape index (κ1) is 17.5. The molecular formula is C19H24FN3O2. The summed E-state index contributed by atoms with van der Waals surface area (Å²) >= 11 is 0. The quantitative estimate of drug-likeness (QED) is 0.926. The summed E-state index contributed by atoms with van der Waals surface area (Å²) in [6, 6.07) is 4.30. The molecule has 1 aliphatic heterocycles. The number of hydrogen-bond donors (Lipinski definition) is 1. The highest BCUT2D eigenvalue weighted by Gasteiger charge is 2.34. The van der Waals surface area contributed by atoms with Crippen molar-refractivity contribution in [3.8, 4) is 5.75 Å². The Kier molecular flexibility index (Phi) is 4.54. The van der Waals surface area contributed by atoms with Gasteiger partial charge >= 0.3 is 0 Å². The van der Waals surface area contributed by atoms with Crippen LogP contribution >= 0.6 is 0 Å². The Labute approximate surface area is 147 Å². The van der Waals surface area contributed by atoms with E-state index in [2.05, 4.69) is 10.4 Å². The molecule has 25 heavy (non-hydrogen) atoms. The minimum atomic E-state index is -0.460. The van der Waals surface area contributed by atoms with Crippen molar-refractivity contribution in [3.05, 3.63) is 47.0 Å². The maximum Gasteiger partial charge on any atom is 0.220 e. The largest absolute Gasteiger partial charge is 0.487 e. The van der Waals surface area contributed by atoms with Gasteiger partial charge in [0.05, 0.1) is 12.2 Å². The molecule has 1 atom stereocenters. The number of ether oxygens (including phenoxy) is 1. The summed E-state index contributed by atoms with van der Waals surface area (Å²) in [5, 5.41) is 7.28.